The summed E-state index contributed by atoms with van der Waals surface area (Å²) in [7, 11) is -3.70. The van der Waals surface area contributed by atoms with E-state index in [9.17, 15) is 18.3 Å². The Kier molecular flexibility index (Phi) is 8.48. The fourth-order valence-corrected chi connectivity index (χ4v) is 3.94. The Hall–Kier alpha value is -2.89. The Morgan fingerprint density at radius 2 is 1.91 bits per heavy atom. The number of unbranched alkanes of at least 4 members (excludes halogenated alkanes) is 3. The summed E-state index contributed by atoms with van der Waals surface area (Å²) in [5.74, 6) is -0.0814. The van der Waals surface area contributed by atoms with E-state index in [1.54, 1.807) is 28.8 Å². The Morgan fingerprint density at radius 3 is 2.61 bits per heavy atom. The topological polar surface area (TPSA) is 136 Å². The molecule has 33 heavy (non-hydrogen) atoms. The zero-order valence-corrected chi connectivity index (χ0v) is 19.5. The highest BCUT2D eigenvalue weighted by Crippen LogP contribution is 2.27. The van der Waals surface area contributed by atoms with Gasteiger partial charge < -0.3 is 15.0 Å². The highest BCUT2D eigenvalue weighted by atomic mass is 32.2. The molecule has 1 aromatic carbocycles. The lowest BCUT2D eigenvalue weighted by molar-refractivity contribution is 0.0606. The molecule has 1 amide bonds. The SMILES string of the molecule is CCCCCC[C@H]([C@@H](O)COS(C)(=O)=O)n1cnc2c(NC(=O)c3ccccc3)ncnc21. The number of fused-ring (bicyclic) bond motifs is 1. The van der Waals surface area contributed by atoms with Crippen molar-refractivity contribution in [2.24, 2.45) is 0 Å². The van der Waals surface area contributed by atoms with Gasteiger partial charge in [-0.25, -0.2) is 15.0 Å². The Labute approximate surface area is 193 Å². The van der Waals surface area contributed by atoms with Crippen LogP contribution in [0.2, 0.25) is 0 Å². The fourth-order valence-electron chi connectivity index (χ4n) is 3.56. The molecule has 178 valence electrons. The van der Waals surface area contributed by atoms with Crippen molar-refractivity contribution in [3.63, 3.8) is 0 Å². The number of aliphatic hydroxyl groups is 1. The van der Waals surface area contributed by atoms with Crippen LogP contribution in [-0.2, 0) is 14.3 Å². The van der Waals surface area contributed by atoms with Gasteiger partial charge in [-0.1, -0.05) is 50.8 Å². The number of amides is 1. The molecule has 0 aliphatic heterocycles. The van der Waals surface area contributed by atoms with Crippen LogP contribution in [0.15, 0.2) is 43.0 Å². The molecular weight excluding hydrogens is 446 g/mol. The monoisotopic (exact) mass is 475 g/mol. The van der Waals surface area contributed by atoms with E-state index in [1.807, 2.05) is 6.07 Å². The van der Waals surface area contributed by atoms with Gasteiger partial charge in [0.15, 0.2) is 17.0 Å². The smallest absolute Gasteiger partial charge is 0.264 e. The number of benzene rings is 1. The van der Waals surface area contributed by atoms with E-state index in [2.05, 4.69) is 27.2 Å². The van der Waals surface area contributed by atoms with Gasteiger partial charge in [0.05, 0.1) is 31.3 Å². The second-order valence-corrected chi connectivity index (χ2v) is 9.48. The van der Waals surface area contributed by atoms with Crippen LogP contribution in [0.1, 0.15) is 55.4 Å². The zero-order valence-electron chi connectivity index (χ0n) is 18.7. The maximum atomic E-state index is 12.6. The third-order valence-corrected chi connectivity index (χ3v) is 5.80. The van der Waals surface area contributed by atoms with Crippen LogP contribution in [0, 0.1) is 0 Å². The maximum absolute atomic E-state index is 12.6. The molecule has 0 spiro atoms. The second-order valence-electron chi connectivity index (χ2n) is 7.84. The third-order valence-electron chi connectivity index (χ3n) is 5.23. The quantitative estimate of drug-likeness (QED) is 0.301. The van der Waals surface area contributed by atoms with Gasteiger partial charge in [0.25, 0.3) is 16.0 Å². The molecule has 0 aliphatic rings. The number of imidazole rings is 1. The molecule has 2 aromatic heterocycles. The number of carbonyl (C=O) groups excluding carboxylic acids is 1. The second kappa shape index (κ2) is 11.3. The summed E-state index contributed by atoms with van der Waals surface area (Å²) in [4.78, 5) is 25.4. The average molecular weight is 476 g/mol. The van der Waals surface area contributed by atoms with Crippen LogP contribution in [0.4, 0.5) is 5.82 Å². The van der Waals surface area contributed by atoms with Crippen molar-refractivity contribution >= 4 is 33.0 Å². The molecule has 2 N–H and O–H groups in total. The van der Waals surface area contributed by atoms with E-state index in [0.717, 1.165) is 31.9 Å². The van der Waals surface area contributed by atoms with Crippen LogP contribution in [-0.4, -0.2) is 57.9 Å². The molecule has 0 aliphatic carbocycles. The first-order valence-corrected chi connectivity index (χ1v) is 12.7. The van der Waals surface area contributed by atoms with Crippen molar-refractivity contribution < 1.29 is 22.5 Å². The van der Waals surface area contributed by atoms with Gasteiger partial charge in [0, 0.05) is 5.56 Å². The number of aliphatic hydroxyl groups excluding tert-OH is 1. The number of rotatable bonds is 12. The molecule has 0 radical (unpaired) electrons. The lowest BCUT2D eigenvalue weighted by atomic mass is 10.0. The maximum Gasteiger partial charge on any atom is 0.264 e. The van der Waals surface area contributed by atoms with Gasteiger partial charge >= 0.3 is 0 Å². The van der Waals surface area contributed by atoms with Crippen LogP contribution in [0.25, 0.3) is 11.2 Å². The van der Waals surface area contributed by atoms with Crippen molar-refractivity contribution in [3.8, 4) is 0 Å². The molecule has 3 rings (SSSR count). The van der Waals surface area contributed by atoms with Gasteiger partial charge in [-0.3, -0.25) is 8.98 Å². The number of hydrogen-bond donors (Lipinski definition) is 2. The first-order valence-electron chi connectivity index (χ1n) is 10.9. The Bertz CT molecular complexity index is 1170. The van der Waals surface area contributed by atoms with Gasteiger partial charge in [0.1, 0.15) is 6.33 Å². The highest BCUT2D eigenvalue weighted by Gasteiger charge is 2.26. The summed E-state index contributed by atoms with van der Waals surface area (Å²) < 4.78 is 29.3. The zero-order chi connectivity index (χ0) is 23.8. The molecule has 0 bridgehead atoms. The lowest BCUT2D eigenvalue weighted by Crippen LogP contribution is -2.29. The summed E-state index contributed by atoms with van der Waals surface area (Å²) >= 11 is 0. The number of nitrogens with one attached hydrogen (secondary N) is 1. The van der Waals surface area contributed by atoms with Crippen LogP contribution in [0.3, 0.4) is 0 Å². The van der Waals surface area contributed by atoms with E-state index in [0.29, 0.717) is 23.1 Å². The van der Waals surface area contributed by atoms with E-state index in [-0.39, 0.29) is 18.3 Å². The molecule has 10 nitrogen and oxygen atoms in total. The van der Waals surface area contributed by atoms with E-state index < -0.39 is 22.3 Å². The summed E-state index contributed by atoms with van der Waals surface area (Å²) in [6.07, 6.45) is 7.19. The van der Waals surface area contributed by atoms with E-state index >= 15 is 0 Å². The molecule has 0 fully saturated rings. The van der Waals surface area contributed by atoms with E-state index in [1.165, 1.54) is 12.7 Å². The summed E-state index contributed by atoms with van der Waals surface area (Å²) in [6.45, 7) is 1.73. The minimum absolute atomic E-state index is 0.249. The van der Waals surface area contributed by atoms with Gasteiger partial charge in [-0.05, 0) is 18.6 Å². The van der Waals surface area contributed by atoms with Crippen LogP contribution >= 0.6 is 0 Å². The minimum atomic E-state index is -3.70. The predicted molar refractivity (Wildman–Crippen MR) is 124 cm³/mol. The predicted octanol–water partition coefficient (Wildman–Crippen LogP) is 2.93. The molecule has 2 heterocycles. The number of aromatic nitrogens is 4. The molecule has 2 atom stereocenters. The summed E-state index contributed by atoms with van der Waals surface area (Å²) in [5.41, 5.74) is 1.27. The van der Waals surface area contributed by atoms with Gasteiger partial charge in [-0.2, -0.15) is 8.42 Å². The van der Waals surface area contributed by atoms with Gasteiger partial charge in [-0.15, -0.1) is 0 Å². The normalized spacial score (nSPS) is 13.7. The minimum Gasteiger partial charge on any atom is -0.388 e. The van der Waals surface area contributed by atoms with Crippen molar-refractivity contribution in [3.05, 3.63) is 48.5 Å². The molecule has 3 aromatic rings. The largest absolute Gasteiger partial charge is 0.388 e. The molecule has 0 saturated carbocycles. The lowest BCUT2D eigenvalue weighted by Gasteiger charge is -2.24. The number of hydrogen-bond acceptors (Lipinski definition) is 8. The average Bonchev–Trinajstić information content (AvgIpc) is 3.22. The van der Waals surface area contributed by atoms with E-state index in [4.69, 9.17) is 4.18 Å². The van der Waals surface area contributed by atoms with Crippen LogP contribution < -0.4 is 5.32 Å². The Balaban J connectivity index is 1.87. The molecule has 0 unspecified atom stereocenters. The van der Waals surface area contributed by atoms with Crippen molar-refractivity contribution in [1.29, 1.82) is 0 Å². The highest BCUT2D eigenvalue weighted by molar-refractivity contribution is 7.85. The molecule has 11 heteroatoms. The van der Waals surface area contributed by atoms with Gasteiger partial charge in [0.2, 0.25) is 0 Å². The van der Waals surface area contributed by atoms with Crippen molar-refractivity contribution in [1.82, 2.24) is 19.5 Å². The standard InChI is InChI=1S/C22H29N5O5S/c1-3-4-5-9-12-17(18(28)13-32-33(2,30)31)27-15-25-19-20(23-14-24-21(19)27)26-22(29)16-10-7-6-8-11-16/h6-8,10-11,14-15,17-18,28H,3-5,9,12-13H2,1-2H3,(H,23,24,26,29)/t17-,18+/m1/s1. The molecular formula is C22H29N5O5S. The summed E-state index contributed by atoms with van der Waals surface area (Å²) in [5, 5.41) is 13.5. The first kappa shape index (κ1) is 24.7. The number of nitrogens with zero attached hydrogens (tertiary/aromatic N) is 4. The van der Waals surface area contributed by atoms with Crippen molar-refractivity contribution in [2.75, 3.05) is 18.2 Å². The summed E-state index contributed by atoms with van der Waals surface area (Å²) in [6, 6.07) is 8.22. The van der Waals surface area contributed by atoms with Crippen molar-refractivity contribution in [2.45, 2.75) is 51.2 Å². The third kappa shape index (κ3) is 6.80. The first-order chi connectivity index (χ1) is 15.8. The number of anilines is 1. The number of carbonyl (C=O) groups is 1. The molecule has 0 saturated heterocycles. The van der Waals surface area contributed by atoms with Crippen LogP contribution in [0.5, 0.6) is 0 Å². The Morgan fingerprint density at radius 1 is 1.15 bits per heavy atom. The fraction of sp³-hybridized carbons (Fsp3) is 0.455.